The van der Waals surface area contributed by atoms with Crippen LogP contribution in [0.15, 0.2) is 17.6 Å². The number of hydrogen-bond donors (Lipinski definition) is 0. The highest BCUT2D eigenvalue weighted by Crippen LogP contribution is 2.56. The van der Waals surface area contributed by atoms with E-state index in [0.29, 0.717) is 23.5 Å². The second-order valence-electron chi connectivity index (χ2n) is 4.62. The lowest BCUT2D eigenvalue weighted by Crippen LogP contribution is -2.07. The molecule has 2 aromatic rings. The molecule has 120 valence electrons. The lowest BCUT2D eigenvalue weighted by atomic mass is 10.5. The van der Waals surface area contributed by atoms with Crippen molar-refractivity contribution in [2.45, 2.75) is 6.54 Å². The van der Waals surface area contributed by atoms with Gasteiger partial charge in [-0.05, 0) is 22.5 Å². The Morgan fingerprint density at radius 3 is 2.86 bits per heavy atom. The van der Waals surface area contributed by atoms with E-state index in [-0.39, 0.29) is 13.0 Å². The third kappa shape index (κ3) is 4.91. The summed E-state index contributed by atoms with van der Waals surface area (Å²) in [4.78, 5) is 18.6. The zero-order valence-corrected chi connectivity index (χ0v) is 14.5. The van der Waals surface area contributed by atoms with Crippen LogP contribution in [0.4, 0.5) is 5.82 Å². The van der Waals surface area contributed by atoms with E-state index in [2.05, 4.69) is 19.9 Å². The summed E-state index contributed by atoms with van der Waals surface area (Å²) in [5, 5.41) is 0. The smallest absolute Gasteiger partial charge is 0.277 e. The Bertz CT molecular complexity index is 714. The van der Waals surface area contributed by atoms with Gasteiger partial charge in [0.1, 0.15) is 12.7 Å². The summed E-state index contributed by atoms with van der Waals surface area (Å²) in [7, 11) is 3.73. The van der Waals surface area contributed by atoms with E-state index in [1.54, 1.807) is 22.1 Å². The molecule has 0 aliphatic carbocycles. The van der Waals surface area contributed by atoms with Crippen LogP contribution in [0.25, 0.3) is 11.2 Å². The standard InChI is InChI=1S/C11H15Cl2N6O2P/c1-18(2)6-17-10-9-11(15-5-14-10)19(7-16-9)3-4-21-8-22(12,13)20/h5-7H,3-4,8H2,1-2H3/b17-6-. The van der Waals surface area contributed by atoms with Gasteiger partial charge in [-0.3, -0.25) is 4.57 Å². The highest BCUT2D eigenvalue weighted by molar-refractivity contribution is 8.08. The molecule has 0 aromatic carbocycles. The Hall–Kier alpha value is -1.21. The van der Waals surface area contributed by atoms with Crippen LogP contribution >= 0.6 is 28.3 Å². The molecule has 2 aromatic heterocycles. The van der Waals surface area contributed by atoms with Gasteiger partial charge >= 0.3 is 0 Å². The number of aliphatic imine (C=N–C) groups is 1. The normalized spacial score (nSPS) is 12.4. The average Bonchev–Trinajstić information content (AvgIpc) is 2.84. The second kappa shape index (κ2) is 7.37. The lowest BCUT2D eigenvalue weighted by molar-refractivity contribution is 0.169. The maximum absolute atomic E-state index is 11.1. The number of fused-ring (bicyclic) bond motifs is 1. The number of halogens is 2. The average molecular weight is 365 g/mol. The monoisotopic (exact) mass is 364 g/mol. The van der Waals surface area contributed by atoms with Crippen molar-refractivity contribution in [2.75, 3.05) is 27.1 Å². The summed E-state index contributed by atoms with van der Waals surface area (Å²) in [6.07, 6.45) is 4.51. The number of hydrogen-bond acceptors (Lipinski definition) is 6. The van der Waals surface area contributed by atoms with Crippen LogP contribution in [0.5, 0.6) is 0 Å². The van der Waals surface area contributed by atoms with Crippen molar-refractivity contribution < 1.29 is 9.30 Å². The van der Waals surface area contributed by atoms with Crippen molar-refractivity contribution in [3.63, 3.8) is 0 Å². The molecule has 0 bridgehead atoms. The largest absolute Gasteiger partial charge is 0.369 e. The Morgan fingerprint density at radius 2 is 2.18 bits per heavy atom. The number of ether oxygens (including phenoxy) is 1. The molecule has 0 saturated carbocycles. The molecule has 0 amide bonds. The highest BCUT2D eigenvalue weighted by atomic mass is 35.9. The zero-order chi connectivity index (χ0) is 16.2. The van der Waals surface area contributed by atoms with E-state index in [0.717, 1.165) is 0 Å². The first-order valence-electron chi connectivity index (χ1n) is 6.29. The summed E-state index contributed by atoms with van der Waals surface area (Å²) < 4.78 is 18.1. The Balaban J connectivity index is 2.09. The molecular formula is C11H15Cl2N6O2P. The van der Waals surface area contributed by atoms with E-state index in [1.165, 1.54) is 6.33 Å². The van der Waals surface area contributed by atoms with Gasteiger partial charge in [-0.2, -0.15) is 0 Å². The van der Waals surface area contributed by atoms with Gasteiger partial charge in [0.25, 0.3) is 5.85 Å². The maximum Gasteiger partial charge on any atom is 0.277 e. The molecule has 0 aliphatic heterocycles. The van der Waals surface area contributed by atoms with Crippen molar-refractivity contribution in [3.05, 3.63) is 12.7 Å². The summed E-state index contributed by atoms with van der Waals surface area (Å²) in [6.45, 7) is 0.757. The molecule has 0 unspecified atom stereocenters. The minimum Gasteiger partial charge on any atom is -0.369 e. The molecule has 8 nitrogen and oxygen atoms in total. The first-order valence-corrected chi connectivity index (χ1v) is 9.99. The van der Waals surface area contributed by atoms with E-state index in [1.807, 2.05) is 14.1 Å². The predicted molar refractivity (Wildman–Crippen MR) is 87.3 cm³/mol. The molecule has 0 radical (unpaired) electrons. The van der Waals surface area contributed by atoms with Crippen LogP contribution in [0.2, 0.25) is 0 Å². The zero-order valence-electron chi connectivity index (χ0n) is 12.1. The van der Waals surface area contributed by atoms with E-state index in [9.17, 15) is 4.57 Å². The van der Waals surface area contributed by atoms with Crippen LogP contribution in [0.1, 0.15) is 0 Å². The van der Waals surface area contributed by atoms with Crippen LogP contribution in [-0.2, 0) is 15.8 Å². The van der Waals surface area contributed by atoms with Gasteiger partial charge in [0, 0.05) is 20.6 Å². The van der Waals surface area contributed by atoms with Gasteiger partial charge in [0.05, 0.1) is 19.3 Å². The van der Waals surface area contributed by atoms with Crippen molar-refractivity contribution in [3.8, 4) is 0 Å². The number of nitrogens with zero attached hydrogens (tertiary/aromatic N) is 6. The van der Waals surface area contributed by atoms with Gasteiger partial charge in [-0.15, -0.1) is 0 Å². The molecular weight excluding hydrogens is 350 g/mol. The first-order chi connectivity index (χ1) is 10.4. The molecule has 11 heteroatoms. The van der Waals surface area contributed by atoms with E-state index >= 15 is 0 Å². The van der Waals surface area contributed by atoms with Crippen LogP contribution in [0.3, 0.4) is 0 Å². The predicted octanol–water partition coefficient (Wildman–Crippen LogP) is 2.69. The van der Waals surface area contributed by atoms with Crippen molar-refractivity contribution in [1.29, 1.82) is 0 Å². The van der Waals surface area contributed by atoms with Crippen molar-refractivity contribution >= 4 is 51.6 Å². The van der Waals surface area contributed by atoms with E-state index in [4.69, 9.17) is 27.2 Å². The summed E-state index contributed by atoms with van der Waals surface area (Å²) in [6, 6.07) is 0. The summed E-state index contributed by atoms with van der Waals surface area (Å²) in [5.41, 5.74) is 1.24. The molecule has 0 fully saturated rings. The molecule has 0 N–H and O–H groups in total. The third-order valence-corrected chi connectivity index (χ3v) is 3.58. The van der Waals surface area contributed by atoms with Gasteiger partial charge in [-0.1, -0.05) is 0 Å². The molecule has 0 aliphatic rings. The summed E-state index contributed by atoms with van der Waals surface area (Å²) >= 11 is 10.8. The molecule has 2 rings (SSSR count). The molecule has 0 atom stereocenters. The van der Waals surface area contributed by atoms with Crippen molar-refractivity contribution in [2.24, 2.45) is 4.99 Å². The SMILES string of the molecule is CN(C)/C=N\c1ncnc2c1ncn2CCOCP(=O)(Cl)Cl. The van der Waals surface area contributed by atoms with Gasteiger partial charge in [-0.25, -0.2) is 19.9 Å². The molecule has 22 heavy (non-hydrogen) atoms. The van der Waals surface area contributed by atoms with Gasteiger partial charge in [0.15, 0.2) is 17.0 Å². The minimum atomic E-state index is -3.20. The summed E-state index contributed by atoms with van der Waals surface area (Å²) in [5.74, 6) is -2.71. The fourth-order valence-electron chi connectivity index (χ4n) is 1.63. The minimum absolute atomic E-state index is 0.184. The fourth-order valence-corrected chi connectivity index (χ4v) is 2.39. The molecule has 0 saturated heterocycles. The first kappa shape index (κ1) is 17.1. The quantitative estimate of drug-likeness (QED) is 0.325. The molecule has 2 heterocycles. The lowest BCUT2D eigenvalue weighted by Gasteiger charge is -2.06. The topological polar surface area (TPSA) is 85.5 Å². The third-order valence-electron chi connectivity index (χ3n) is 2.51. The van der Waals surface area contributed by atoms with Crippen molar-refractivity contribution in [1.82, 2.24) is 24.4 Å². The van der Waals surface area contributed by atoms with Crippen LogP contribution in [-0.4, -0.2) is 57.8 Å². The number of imidazole rings is 1. The maximum atomic E-state index is 11.1. The number of aromatic nitrogens is 4. The van der Waals surface area contributed by atoms with Gasteiger partial charge in [0.2, 0.25) is 0 Å². The number of rotatable bonds is 7. The Morgan fingerprint density at radius 1 is 1.41 bits per heavy atom. The van der Waals surface area contributed by atoms with E-state index < -0.39 is 5.85 Å². The highest BCUT2D eigenvalue weighted by Gasteiger charge is 2.14. The Kier molecular flexibility index (Phi) is 5.74. The van der Waals surface area contributed by atoms with Crippen LogP contribution < -0.4 is 0 Å². The second-order valence-corrected chi connectivity index (χ2v) is 9.82. The van der Waals surface area contributed by atoms with Gasteiger partial charge < -0.3 is 14.2 Å². The van der Waals surface area contributed by atoms with Crippen LogP contribution in [0, 0.1) is 0 Å². The molecule has 0 spiro atoms. The Labute approximate surface area is 137 Å². The fraction of sp³-hybridized carbons (Fsp3) is 0.455.